The highest BCUT2D eigenvalue weighted by atomic mass is 16.6. The molecule has 1 aliphatic rings. The lowest BCUT2D eigenvalue weighted by Crippen LogP contribution is -2.30. The summed E-state index contributed by atoms with van der Waals surface area (Å²) in [6.07, 6.45) is 4.58. The molecule has 0 bridgehead atoms. The quantitative estimate of drug-likeness (QED) is 0.604. The van der Waals surface area contributed by atoms with Gasteiger partial charge in [0.1, 0.15) is 0 Å². The highest BCUT2D eigenvalue weighted by Crippen LogP contribution is 2.43. The number of rotatable bonds is 4. The van der Waals surface area contributed by atoms with Crippen molar-refractivity contribution in [1.82, 2.24) is 0 Å². The molecule has 0 amide bonds. The lowest BCUT2D eigenvalue weighted by molar-refractivity contribution is -0.384. The van der Waals surface area contributed by atoms with Crippen LogP contribution in [0, 0.1) is 38.7 Å². The molecule has 4 heteroatoms. The molecule has 0 atom stereocenters. The molecule has 0 radical (unpaired) electrons. The molecule has 1 aromatic carbocycles. The average Bonchev–Trinajstić information content (AvgIpc) is 2.48. The van der Waals surface area contributed by atoms with E-state index in [1.807, 2.05) is 6.07 Å². The Hall–Kier alpha value is -1.89. The van der Waals surface area contributed by atoms with Crippen LogP contribution in [0.25, 0.3) is 0 Å². The van der Waals surface area contributed by atoms with Crippen LogP contribution >= 0.6 is 0 Å². The molecule has 0 aromatic heterocycles. The largest absolute Gasteiger partial charge is 0.269 e. The van der Waals surface area contributed by atoms with Gasteiger partial charge >= 0.3 is 0 Å². The zero-order valence-corrected chi connectivity index (χ0v) is 12.7. The monoisotopic (exact) mass is 286 g/mol. The first-order chi connectivity index (χ1) is 9.96. The molecule has 1 aromatic rings. The van der Waals surface area contributed by atoms with Crippen molar-refractivity contribution >= 4 is 5.69 Å². The second-order valence-electron chi connectivity index (χ2n) is 6.58. The zero-order chi connectivity index (χ0) is 15.5. The van der Waals surface area contributed by atoms with Gasteiger partial charge in [0.25, 0.3) is 5.69 Å². The van der Waals surface area contributed by atoms with Crippen molar-refractivity contribution in [3.8, 4) is 6.07 Å². The number of benzene rings is 1. The molecule has 21 heavy (non-hydrogen) atoms. The predicted octanol–water partition coefficient (Wildman–Crippen LogP) is 4.49. The molecular weight excluding hydrogens is 264 g/mol. The molecule has 1 fully saturated rings. The van der Waals surface area contributed by atoms with Crippen molar-refractivity contribution in [2.24, 2.45) is 17.3 Å². The first-order valence-electron chi connectivity index (χ1n) is 7.60. The second-order valence-corrected chi connectivity index (χ2v) is 6.58. The first-order valence-corrected chi connectivity index (χ1v) is 7.60. The van der Waals surface area contributed by atoms with Crippen LogP contribution in [0.15, 0.2) is 24.3 Å². The maximum Gasteiger partial charge on any atom is 0.269 e. The number of nitriles is 1. The SMILES string of the molecule is CC(C)C1CCC(C#N)(Cc2cccc([N+](=O)[O-])c2)CC1. The van der Waals surface area contributed by atoms with Crippen LogP contribution in [0.2, 0.25) is 0 Å². The lowest BCUT2D eigenvalue weighted by atomic mass is 9.66. The Morgan fingerprint density at radius 3 is 2.62 bits per heavy atom. The van der Waals surface area contributed by atoms with Crippen molar-refractivity contribution in [1.29, 1.82) is 5.26 Å². The fourth-order valence-corrected chi connectivity index (χ4v) is 3.36. The number of hydrogen-bond donors (Lipinski definition) is 0. The molecule has 0 N–H and O–H groups in total. The smallest absolute Gasteiger partial charge is 0.258 e. The Morgan fingerprint density at radius 1 is 1.43 bits per heavy atom. The van der Waals surface area contributed by atoms with E-state index in [0.717, 1.165) is 31.2 Å². The van der Waals surface area contributed by atoms with Crippen LogP contribution in [0.1, 0.15) is 45.1 Å². The van der Waals surface area contributed by atoms with Gasteiger partial charge in [-0.3, -0.25) is 10.1 Å². The minimum Gasteiger partial charge on any atom is -0.258 e. The van der Waals surface area contributed by atoms with Crippen LogP contribution in [-0.4, -0.2) is 4.92 Å². The van der Waals surface area contributed by atoms with Gasteiger partial charge in [-0.15, -0.1) is 0 Å². The summed E-state index contributed by atoms with van der Waals surface area (Å²) in [5, 5.41) is 20.5. The summed E-state index contributed by atoms with van der Waals surface area (Å²) in [6, 6.07) is 9.20. The molecule has 0 heterocycles. The van der Waals surface area contributed by atoms with Gasteiger partial charge in [-0.2, -0.15) is 5.26 Å². The number of nitro groups is 1. The van der Waals surface area contributed by atoms with Crippen molar-refractivity contribution in [2.75, 3.05) is 0 Å². The van der Waals surface area contributed by atoms with E-state index < -0.39 is 0 Å². The molecule has 0 spiro atoms. The molecule has 112 valence electrons. The topological polar surface area (TPSA) is 66.9 Å². The summed E-state index contributed by atoms with van der Waals surface area (Å²) in [4.78, 5) is 10.5. The van der Waals surface area contributed by atoms with E-state index >= 15 is 0 Å². The van der Waals surface area contributed by atoms with Gasteiger partial charge < -0.3 is 0 Å². The molecule has 2 rings (SSSR count). The summed E-state index contributed by atoms with van der Waals surface area (Å²) in [6.45, 7) is 4.48. The van der Waals surface area contributed by atoms with E-state index in [2.05, 4.69) is 19.9 Å². The molecule has 0 saturated heterocycles. The third-order valence-corrected chi connectivity index (χ3v) is 4.83. The Labute approximate surface area is 125 Å². The number of hydrogen-bond acceptors (Lipinski definition) is 3. The van der Waals surface area contributed by atoms with Crippen LogP contribution in [0.5, 0.6) is 0 Å². The fraction of sp³-hybridized carbons (Fsp3) is 0.588. The van der Waals surface area contributed by atoms with Crippen molar-refractivity contribution in [3.05, 3.63) is 39.9 Å². The Balaban J connectivity index is 2.12. The van der Waals surface area contributed by atoms with E-state index in [-0.39, 0.29) is 16.0 Å². The summed E-state index contributed by atoms with van der Waals surface area (Å²) in [5.74, 6) is 1.37. The van der Waals surface area contributed by atoms with E-state index in [4.69, 9.17) is 0 Å². The van der Waals surface area contributed by atoms with Gasteiger partial charge in [0.15, 0.2) is 0 Å². The highest BCUT2D eigenvalue weighted by molar-refractivity contribution is 5.35. The van der Waals surface area contributed by atoms with Crippen LogP contribution < -0.4 is 0 Å². The second kappa shape index (κ2) is 6.26. The summed E-state index contributed by atoms with van der Waals surface area (Å²) >= 11 is 0. The molecule has 1 aliphatic carbocycles. The summed E-state index contributed by atoms with van der Waals surface area (Å²) in [5.41, 5.74) is 0.658. The third kappa shape index (κ3) is 3.60. The first kappa shape index (κ1) is 15.5. The zero-order valence-electron chi connectivity index (χ0n) is 12.7. The Morgan fingerprint density at radius 2 is 2.10 bits per heavy atom. The van der Waals surface area contributed by atoms with Crippen LogP contribution in [-0.2, 0) is 6.42 Å². The van der Waals surface area contributed by atoms with E-state index in [1.165, 1.54) is 6.07 Å². The lowest BCUT2D eigenvalue weighted by Gasteiger charge is -2.36. The van der Waals surface area contributed by atoms with Gasteiger partial charge in [0.2, 0.25) is 0 Å². The normalized spacial score (nSPS) is 25.5. The minimum atomic E-state index is -0.377. The number of nitrogens with zero attached hydrogens (tertiary/aromatic N) is 2. The van der Waals surface area contributed by atoms with Crippen molar-refractivity contribution < 1.29 is 4.92 Å². The minimum absolute atomic E-state index is 0.108. The predicted molar refractivity (Wildman–Crippen MR) is 81.6 cm³/mol. The van der Waals surface area contributed by atoms with Gasteiger partial charge in [-0.05, 0) is 49.5 Å². The third-order valence-electron chi connectivity index (χ3n) is 4.83. The number of non-ortho nitro benzene ring substituents is 1. The van der Waals surface area contributed by atoms with Gasteiger partial charge in [0, 0.05) is 12.1 Å². The molecule has 0 aliphatic heterocycles. The molecule has 4 nitrogen and oxygen atoms in total. The van der Waals surface area contributed by atoms with Crippen LogP contribution in [0.3, 0.4) is 0 Å². The summed E-state index contributed by atoms with van der Waals surface area (Å²) < 4.78 is 0. The fourth-order valence-electron chi connectivity index (χ4n) is 3.36. The van der Waals surface area contributed by atoms with Crippen LogP contribution in [0.4, 0.5) is 5.69 Å². The standard InChI is InChI=1S/C17H22N2O2/c1-13(2)15-6-8-17(12-18,9-7-15)11-14-4-3-5-16(10-14)19(20)21/h3-5,10,13,15H,6-9,11H2,1-2H3. The maximum absolute atomic E-state index is 10.9. The maximum atomic E-state index is 10.9. The Kier molecular flexibility index (Phi) is 4.62. The van der Waals surface area contributed by atoms with Gasteiger partial charge in [-0.25, -0.2) is 0 Å². The van der Waals surface area contributed by atoms with E-state index in [9.17, 15) is 15.4 Å². The molecule has 0 unspecified atom stereocenters. The summed E-state index contributed by atoms with van der Waals surface area (Å²) in [7, 11) is 0. The van der Waals surface area contributed by atoms with E-state index in [0.29, 0.717) is 18.3 Å². The highest BCUT2D eigenvalue weighted by Gasteiger charge is 2.36. The van der Waals surface area contributed by atoms with Crippen molar-refractivity contribution in [3.63, 3.8) is 0 Å². The average molecular weight is 286 g/mol. The molecule has 1 saturated carbocycles. The van der Waals surface area contributed by atoms with Gasteiger partial charge in [0.05, 0.1) is 16.4 Å². The van der Waals surface area contributed by atoms with E-state index in [1.54, 1.807) is 12.1 Å². The Bertz CT molecular complexity index is 552. The van der Waals surface area contributed by atoms with Gasteiger partial charge in [-0.1, -0.05) is 26.0 Å². The molecular formula is C17H22N2O2. The number of nitro benzene ring substituents is 1. The van der Waals surface area contributed by atoms with Crippen molar-refractivity contribution in [2.45, 2.75) is 46.0 Å².